The summed E-state index contributed by atoms with van der Waals surface area (Å²) in [6, 6.07) is 12.8. The molecule has 4 heteroatoms. The van der Waals surface area contributed by atoms with Gasteiger partial charge in [0, 0.05) is 12.1 Å². The lowest BCUT2D eigenvalue weighted by molar-refractivity contribution is 0.144. The van der Waals surface area contributed by atoms with Crippen molar-refractivity contribution in [1.29, 1.82) is 0 Å². The Morgan fingerprint density at radius 3 is 2.50 bits per heavy atom. The van der Waals surface area contributed by atoms with E-state index in [4.69, 9.17) is 15.6 Å². The summed E-state index contributed by atoms with van der Waals surface area (Å²) >= 11 is 0. The van der Waals surface area contributed by atoms with Gasteiger partial charge in [-0.05, 0) is 28.8 Å². The Kier molecular flexibility index (Phi) is 4.17. The Balaban J connectivity index is 2.50. The predicted octanol–water partition coefficient (Wildman–Crippen LogP) is 3.51. The third-order valence-corrected chi connectivity index (χ3v) is 2.94. The van der Waals surface area contributed by atoms with Crippen molar-refractivity contribution in [3.05, 3.63) is 60.2 Å². The van der Waals surface area contributed by atoms with Crippen LogP contribution in [-0.4, -0.2) is 11.3 Å². The van der Waals surface area contributed by atoms with Gasteiger partial charge in [-0.15, -0.1) is 0 Å². The Labute approximate surface area is 117 Å². The van der Waals surface area contributed by atoms with Gasteiger partial charge in [-0.2, -0.15) is 0 Å². The number of carboxylic acid groups (broad SMARTS) is 1. The topological polar surface area (TPSA) is 72.5 Å². The highest BCUT2D eigenvalue weighted by Crippen LogP contribution is 2.31. The summed E-state index contributed by atoms with van der Waals surface area (Å²) in [7, 11) is 0. The second-order valence-electron chi connectivity index (χ2n) is 4.23. The van der Waals surface area contributed by atoms with Crippen LogP contribution in [-0.2, 0) is 6.54 Å². The smallest absolute Gasteiger partial charge is 0.449 e. The number of hydrogen-bond donors (Lipinski definition) is 2. The van der Waals surface area contributed by atoms with Crippen LogP contribution in [0.4, 0.5) is 4.79 Å². The molecular formula is C16H15NO3. The van der Waals surface area contributed by atoms with Crippen LogP contribution < -0.4 is 10.5 Å². The summed E-state index contributed by atoms with van der Waals surface area (Å²) in [5.74, 6) is 0.295. The molecule has 3 N–H and O–H groups in total. The predicted molar refractivity (Wildman–Crippen MR) is 78.5 cm³/mol. The average molecular weight is 269 g/mol. The van der Waals surface area contributed by atoms with Crippen LogP contribution in [0.3, 0.4) is 0 Å². The molecule has 20 heavy (non-hydrogen) atoms. The standard InChI is InChI=1S/C16H15NO3/c1-2-11-5-8-15(20-16(18)19)14(9-11)13-6-3-12(10-17)4-7-13/h2-9H,1,10,17H2,(H,18,19). The highest BCUT2D eigenvalue weighted by molar-refractivity contribution is 5.76. The van der Waals surface area contributed by atoms with Crippen LogP contribution in [0, 0.1) is 0 Å². The zero-order chi connectivity index (χ0) is 14.5. The molecule has 0 aliphatic carbocycles. The molecule has 0 aromatic heterocycles. The summed E-state index contributed by atoms with van der Waals surface area (Å²) in [5, 5.41) is 8.79. The number of hydrogen-bond acceptors (Lipinski definition) is 3. The van der Waals surface area contributed by atoms with Crippen molar-refractivity contribution in [2.75, 3.05) is 0 Å². The number of nitrogens with two attached hydrogens (primary N) is 1. The van der Waals surface area contributed by atoms with Gasteiger partial charge in [0.05, 0.1) is 0 Å². The quantitative estimate of drug-likeness (QED) is 0.658. The van der Waals surface area contributed by atoms with Gasteiger partial charge < -0.3 is 15.6 Å². The minimum Gasteiger partial charge on any atom is -0.449 e. The molecule has 2 aromatic carbocycles. The van der Waals surface area contributed by atoms with E-state index in [1.165, 1.54) is 0 Å². The van der Waals surface area contributed by atoms with Crippen molar-refractivity contribution in [3.63, 3.8) is 0 Å². The fraction of sp³-hybridized carbons (Fsp3) is 0.0625. The average Bonchev–Trinajstić information content (AvgIpc) is 2.47. The highest BCUT2D eigenvalue weighted by Gasteiger charge is 2.10. The summed E-state index contributed by atoms with van der Waals surface area (Å²) in [6.45, 7) is 4.17. The molecule has 0 amide bonds. The lowest BCUT2D eigenvalue weighted by Gasteiger charge is -2.10. The third kappa shape index (κ3) is 3.05. The van der Waals surface area contributed by atoms with E-state index in [0.717, 1.165) is 16.7 Å². The van der Waals surface area contributed by atoms with Crippen LogP contribution in [0.15, 0.2) is 49.0 Å². The molecule has 102 valence electrons. The van der Waals surface area contributed by atoms with Crippen LogP contribution >= 0.6 is 0 Å². The Hall–Kier alpha value is -2.59. The van der Waals surface area contributed by atoms with Gasteiger partial charge in [0.2, 0.25) is 0 Å². The molecule has 0 fully saturated rings. The van der Waals surface area contributed by atoms with Crippen molar-refractivity contribution < 1.29 is 14.6 Å². The van der Waals surface area contributed by atoms with Crippen molar-refractivity contribution in [2.24, 2.45) is 5.73 Å². The number of rotatable bonds is 4. The molecule has 0 bridgehead atoms. The molecule has 0 atom stereocenters. The SMILES string of the molecule is C=Cc1ccc(OC(=O)O)c(-c2ccc(CN)cc2)c1. The lowest BCUT2D eigenvalue weighted by atomic mass is 10.0. The van der Waals surface area contributed by atoms with Gasteiger partial charge >= 0.3 is 6.16 Å². The van der Waals surface area contributed by atoms with Crippen LogP contribution in [0.25, 0.3) is 17.2 Å². The van der Waals surface area contributed by atoms with Crippen molar-refractivity contribution in [3.8, 4) is 16.9 Å². The molecule has 4 nitrogen and oxygen atoms in total. The highest BCUT2D eigenvalue weighted by atomic mass is 16.7. The first kappa shape index (κ1) is 13.8. The van der Waals surface area contributed by atoms with Gasteiger partial charge in [0.25, 0.3) is 0 Å². The lowest BCUT2D eigenvalue weighted by Crippen LogP contribution is -2.04. The first-order chi connectivity index (χ1) is 9.63. The van der Waals surface area contributed by atoms with Gasteiger partial charge in [0.1, 0.15) is 5.75 Å². The minimum atomic E-state index is -1.34. The molecule has 0 saturated carbocycles. The maximum atomic E-state index is 10.7. The monoisotopic (exact) mass is 269 g/mol. The van der Waals surface area contributed by atoms with E-state index >= 15 is 0 Å². The molecular weight excluding hydrogens is 254 g/mol. The zero-order valence-electron chi connectivity index (χ0n) is 10.9. The third-order valence-electron chi connectivity index (χ3n) is 2.94. The van der Waals surface area contributed by atoms with Gasteiger partial charge in [-0.3, -0.25) is 0 Å². The Bertz CT molecular complexity index is 633. The fourth-order valence-corrected chi connectivity index (χ4v) is 1.90. The largest absolute Gasteiger partial charge is 0.511 e. The molecule has 0 radical (unpaired) electrons. The van der Waals surface area contributed by atoms with Crippen molar-refractivity contribution in [1.82, 2.24) is 0 Å². The first-order valence-corrected chi connectivity index (χ1v) is 6.10. The minimum absolute atomic E-state index is 0.295. The van der Waals surface area contributed by atoms with E-state index in [1.807, 2.05) is 30.3 Å². The molecule has 0 saturated heterocycles. The Morgan fingerprint density at radius 2 is 1.95 bits per heavy atom. The van der Waals surface area contributed by atoms with Crippen molar-refractivity contribution >= 4 is 12.2 Å². The van der Waals surface area contributed by atoms with E-state index in [-0.39, 0.29) is 0 Å². The molecule has 2 aromatic rings. The maximum Gasteiger partial charge on any atom is 0.511 e. The van der Waals surface area contributed by atoms with Crippen molar-refractivity contribution in [2.45, 2.75) is 6.54 Å². The molecule has 0 unspecified atom stereocenters. The number of ether oxygens (including phenoxy) is 1. The number of carbonyl (C=O) groups is 1. The molecule has 0 aliphatic rings. The van der Waals surface area contributed by atoms with E-state index in [0.29, 0.717) is 17.9 Å². The molecule has 0 spiro atoms. The van der Waals surface area contributed by atoms with Gasteiger partial charge in [0.15, 0.2) is 0 Å². The van der Waals surface area contributed by atoms with E-state index < -0.39 is 6.16 Å². The van der Waals surface area contributed by atoms with E-state index in [1.54, 1.807) is 18.2 Å². The first-order valence-electron chi connectivity index (χ1n) is 6.10. The normalized spacial score (nSPS) is 10.1. The Morgan fingerprint density at radius 1 is 1.25 bits per heavy atom. The van der Waals surface area contributed by atoms with E-state index in [9.17, 15) is 4.79 Å². The van der Waals surface area contributed by atoms with Gasteiger partial charge in [-0.1, -0.05) is 43.0 Å². The van der Waals surface area contributed by atoms with E-state index in [2.05, 4.69) is 6.58 Å². The zero-order valence-corrected chi connectivity index (χ0v) is 10.9. The van der Waals surface area contributed by atoms with Gasteiger partial charge in [-0.25, -0.2) is 4.79 Å². The van der Waals surface area contributed by atoms with Crippen LogP contribution in [0.2, 0.25) is 0 Å². The summed E-state index contributed by atoms with van der Waals surface area (Å²) in [6.07, 6.45) is 0.360. The number of benzene rings is 2. The summed E-state index contributed by atoms with van der Waals surface area (Å²) in [4.78, 5) is 10.7. The molecule has 0 aliphatic heterocycles. The second kappa shape index (κ2) is 6.04. The molecule has 2 rings (SSSR count). The second-order valence-corrected chi connectivity index (χ2v) is 4.23. The summed E-state index contributed by atoms with van der Waals surface area (Å²) < 4.78 is 4.81. The fourth-order valence-electron chi connectivity index (χ4n) is 1.90. The summed E-state index contributed by atoms with van der Waals surface area (Å²) in [5.41, 5.74) is 9.03. The van der Waals surface area contributed by atoms with Crippen LogP contribution in [0.1, 0.15) is 11.1 Å². The molecule has 0 heterocycles. The maximum absolute atomic E-state index is 10.7. The van der Waals surface area contributed by atoms with Crippen LogP contribution in [0.5, 0.6) is 5.75 Å².